The Morgan fingerprint density at radius 2 is 2.41 bits per heavy atom. The van der Waals surface area contributed by atoms with E-state index in [1.54, 1.807) is 0 Å². The van der Waals surface area contributed by atoms with Crippen LogP contribution in [0.4, 0.5) is 5.00 Å². The Labute approximate surface area is 106 Å². The fraction of sp³-hybridized carbons (Fsp3) is 0.615. The first kappa shape index (κ1) is 11.1. The zero-order chi connectivity index (χ0) is 11.8. The molecule has 90 valence electrons. The molecule has 0 saturated carbocycles. The maximum absolute atomic E-state index is 9.42. The second kappa shape index (κ2) is 4.32. The average molecular weight is 247 g/mol. The van der Waals surface area contributed by atoms with Crippen LogP contribution in [0, 0.1) is 11.3 Å². The van der Waals surface area contributed by atoms with E-state index in [4.69, 9.17) is 0 Å². The summed E-state index contributed by atoms with van der Waals surface area (Å²) in [5, 5.41) is 14.0. The van der Waals surface area contributed by atoms with Crippen molar-refractivity contribution in [3.05, 3.63) is 16.0 Å². The topological polar surface area (TPSA) is 39.1 Å². The monoisotopic (exact) mass is 247 g/mol. The van der Waals surface area contributed by atoms with Gasteiger partial charge in [-0.1, -0.05) is 0 Å². The van der Waals surface area contributed by atoms with E-state index < -0.39 is 0 Å². The van der Waals surface area contributed by atoms with E-state index in [0.717, 1.165) is 31.6 Å². The highest BCUT2D eigenvalue weighted by Crippen LogP contribution is 2.40. The van der Waals surface area contributed by atoms with Crippen LogP contribution in [-0.2, 0) is 13.0 Å². The summed E-state index contributed by atoms with van der Waals surface area (Å²) in [5.74, 6) is 0. The maximum atomic E-state index is 9.42. The van der Waals surface area contributed by atoms with Gasteiger partial charge in [-0.15, -0.1) is 11.3 Å². The summed E-state index contributed by atoms with van der Waals surface area (Å²) in [6, 6.07) is 3.03. The molecule has 17 heavy (non-hydrogen) atoms. The van der Waals surface area contributed by atoms with Crippen molar-refractivity contribution in [2.75, 3.05) is 18.0 Å². The summed E-state index contributed by atoms with van der Waals surface area (Å²) in [5.41, 5.74) is 2.27. The number of hydrogen-bond donors (Lipinski definition) is 1. The molecule has 2 aliphatic heterocycles. The lowest BCUT2D eigenvalue weighted by molar-refractivity contribution is 0.653. The van der Waals surface area contributed by atoms with E-state index in [1.165, 1.54) is 28.3 Å². The number of hydrogen-bond acceptors (Lipinski definition) is 4. The number of thiophene rings is 1. The molecule has 4 heteroatoms. The number of nitriles is 1. The molecule has 3 nitrogen and oxygen atoms in total. The van der Waals surface area contributed by atoms with E-state index in [-0.39, 0.29) is 0 Å². The minimum absolute atomic E-state index is 0.593. The van der Waals surface area contributed by atoms with Gasteiger partial charge in [-0.3, -0.25) is 0 Å². The molecule has 0 aromatic carbocycles. The van der Waals surface area contributed by atoms with Crippen molar-refractivity contribution in [2.24, 2.45) is 0 Å². The molecule has 0 aliphatic carbocycles. The normalized spacial score (nSPS) is 23.5. The van der Waals surface area contributed by atoms with Crippen molar-refractivity contribution in [3.63, 3.8) is 0 Å². The Bertz CT molecular complexity index is 472. The average Bonchev–Trinajstić information content (AvgIpc) is 2.91. The van der Waals surface area contributed by atoms with Crippen molar-refractivity contribution in [2.45, 2.75) is 38.8 Å². The molecule has 1 saturated heterocycles. The van der Waals surface area contributed by atoms with Crippen LogP contribution in [0.15, 0.2) is 0 Å². The third-order valence-electron chi connectivity index (χ3n) is 3.84. The molecule has 0 radical (unpaired) electrons. The standard InChI is InChI=1S/C13H17N3S/c1-9-3-2-6-16(9)13-11(7-14)10-4-5-15-8-12(10)17-13/h9,15H,2-6,8H2,1H3. The fourth-order valence-corrected chi connectivity index (χ4v) is 4.27. The van der Waals surface area contributed by atoms with Gasteiger partial charge in [-0.25, -0.2) is 0 Å². The zero-order valence-corrected chi connectivity index (χ0v) is 10.9. The Kier molecular flexibility index (Phi) is 2.81. The molecule has 3 heterocycles. The largest absolute Gasteiger partial charge is 0.360 e. The van der Waals surface area contributed by atoms with Crippen molar-refractivity contribution in [1.29, 1.82) is 5.26 Å². The van der Waals surface area contributed by atoms with Gasteiger partial charge < -0.3 is 10.2 Å². The first-order valence-corrected chi connectivity index (χ1v) is 7.15. The first-order valence-electron chi connectivity index (χ1n) is 6.33. The molecule has 1 atom stereocenters. The zero-order valence-electron chi connectivity index (χ0n) is 10.1. The Morgan fingerprint density at radius 3 is 3.12 bits per heavy atom. The highest BCUT2D eigenvalue weighted by Gasteiger charge is 2.28. The van der Waals surface area contributed by atoms with E-state index in [9.17, 15) is 5.26 Å². The Balaban J connectivity index is 2.04. The van der Waals surface area contributed by atoms with Crippen LogP contribution >= 0.6 is 11.3 Å². The second-order valence-corrected chi connectivity index (χ2v) is 5.99. The summed E-state index contributed by atoms with van der Waals surface area (Å²) < 4.78 is 0. The second-order valence-electron chi connectivity index (χ2n) is 4.91. The summed E-state index contributed by atoms with van der Waals surface area (Å²) in [6.07, 6.45) is 3.52. The number of nitrogens with zero attached hydrogens (tertiary/aromatic N) is 2. The highest BCUT2D eigenvalue weighted by atomic mass is 32.1. The van der Waals surface area contributed by atoms with Gasteiger partial charge in [0.15, 0.2) is 0 Å². The molecular weight excluding hydrogens is 230 g/mol. The summed E-state index contributed by atoms with van der Waals surface area (Å²) in [4.78, 5) is 3.81. The van der Waals surface area contributed by atoms with E-state index >= 15 is 0 Å². The van der Waals surface area contributed by atoms with Gasteiger partial charge in [0.1, 0.15) is 11.1 Å². The molecule has 0 spiro atoms. The van der Waals surface area contributed by atoms with Crippen molar-refractivity contribution in [1.82, 2.24) is 5.32 Å². The SMILES string of the molecule is CC1CCCN1c1sc2c(c1C#N)CCNC2. The summed E-state index contributed by atoms with van der Waals surface area (Å²) in [6.45, 7) is 5.33. The molecule has 1 aromatic heterocycles. The van der Waals surface area contributed by atoms with Crippen molar-refractivity contribution < 1.29 is 0 Å². The fourth-order valence-electron chi connectivity index (χ4n) is 2.87. The van der Waals surface area contributed by atoms with Gasteiger partial charge in [-0.05, 0) is 38.3 Å². The quantitative estimate of drug-likeness (QED) is 0.827. The Hall–Kier alpha value is -1.05. The Morgan fingerprint density at radius 1 is 1.53 bits per heavy atom. The lowest BCUT2D eigenvalue weighted by Crippen LogP contribution is -2.26. The number of fused-ring (bicyclic) bond motifs is 1. The minimum Gasteiger partial charge on any atom is -0.360 e. The molecule has 0 amide bonds. The first-order chi connectivity index (χ1) is 8.31. The van der Waals surface area contributed by atoms with E-state index in [2.05, 4.69) is 23.2 Å². The lowest BCUT2D eigenvalue weighted by Gasteiger charge is -2.22. The maximum Gasteiger partial charge on any atom is 0.110 e. The van der Waals surface area contributed by atoms with Gasteiger partial charge in [0.05, 0.1) is 5.56 Å². The molecule has 1 unspecified atom stereocenters. The molecule has 1 fully saturated rings. The molecule has 0 bridgehead atoms. The molecule has 2 aliphatic rings. The van der Waals surface area contributed by atoms with Gasteiger partial charge in [0.2, 0.25) is 0 Å². The number of nitrogens with one attached hydrogen (secondary N) is 1. The van der Waals surface area contributed by atoms with Crippen LogP contribution in [0.5, 0.6) is 0 Å². The molecule has 3 rings (SSSR count). The third kappa shape index (κ3) is 1.74. The molecular formula is C13H17N3S. The minimum atomic E-state index is 0.593. The predicted octanol–water partition coefficient (Wildman–Crippen LogP) is 2.25. The summed E-state index contributed by atoms with van der Waals surface area (Å²) in [7, 11) is 0. The van der Waals surface area contributed by atoms with Gasteiger partial charge in [0.25, 0.3) is 0 Å². The van der Waals surface area contributed by atoms with Crippen LogP contribution in [0.1, 0.15) is 35.8 Å². The van der Waals surface area contributed by atoms with Crippen LogP contribution in [0.25, 0.3) is 0 Å². The van der Waals surface area contributed by atoms with Gasteiger partial charge in [0, 0.05) is 24.0 Å². The molecule has 1 N–H and O–H groups in total. The van der Waals surface area contributed by atoms with Crippen molar-refractivity contribution in [3.8, 4) is 6.07 Å². The third-order valence-corrected chi connectivity index (χ3v) is 5.10. The van der Waals surface area contributed by atoms with E-state index in [1.807, 2.05) is 11.3 Å². The van der Waals surface area contributed by atoms with Crippen LogP contribution in [0.2, 0.25) is 0 Å². The number of anilines is 1. The van der Waals surface area contributed by atoms with Crippen molar-refractivity contribution >= 4 is 16.3 Å². The van der Waals surface area contributed by atoms with Crippen LogP contribution < -0.4 is 10.2 Å². The van der Waals surface area contributed by atoms with Gasteiger partial charge >= 0.3 is 0 Å². The lowest BCUT2D eigenvalue weighted by atomic mass is 10.0. The van der Waals surface area contributed by atoms with E-state index in [0.29, 0.717) is 6.04 Å². The van der Waals surface area contributed by atoms with Gasteiger partial charge in [-0.2, -0.15) is 5.26 Å². The smallest absolute Gasteiger partial charge is 0.110 e. The summed E-state index contributed by atoms with van der Waals surface area (Å²) >= 11 is 1.83. The predicted molar refractivity (Wildman–Crippen MR) is 70.5 cm³/mol. The number of rotatable bonds is 1. The van der Waals surface area contributed by atoms with Crippen LogP contribution in [-0.4, -0.2) is 19.1 Å². The van der Waals surface area contributed by atoms with Crippen LogP contribution in [0.3, 0.4) is 0 Å². The molecule has 1 aromatic rings. The highest BCUT2D eigenvalue weighted by molar-refractivity contribution is 7.16.